The van der Waals surface area contributed by atoms with Gasteiger partial charge in [-0.2, -0.15) is 52.7 Å². The number of fused-ring (bicyclic) bond motifs is 5. The van der Waals surface area contributed by atoms with Gasteiger partial charge >= 0.3 is 24.7 Å². The fraction of sp³-hybridized carbons (Fsp3) is 0.739. The molecule has 2 aromatic carbocycles. The van der Waals surface area contributed by atoms with E-state index >= 15 is 0 Å². The van der Waals surface area contributed by atoms with Crippen LogP contribution in [0.1, 0.15) is 143 Å². The first-order valence-electron chi connectivity index (χ1n) is 19.9. The lowest BCUT2D eigenvalue weighted by molar-refractivity contribution is -0.328. The summed E-state index contributed by atoms with van der Waals surface area (Å²) in [5.41, 5.74) is -5.56. The molecule has 3 saturated carbocycles. The minimum atomic E-state index is -5.24. The second-order valence-electron chi connectivity index (χ2n) is 19.8. The fourth-order valence-electron chi connectivity index (χ4n) is 5.62. The second-order valence-corrected chi connectivity index (χ2v) is 19.8. The molecule has 4 atom stereocenters. The Morgan fingerprint density at radius 1 is 0.362 bits per heavy atom. The number of hydrogen-bond acceptors (Lipinski definition) is 0. The Kier molecular flexibility index (Phi) is 24.9. The van der Waals surface area contributed by atoms with Gasteiger partial charge in [-0.05, 0) is 99.7 Å². The second kappa shape index (κ2) is 24.1. The molecule has 0 aromatic heterocycles. The molecule has 0 spiro atoms. The van der Waals surface area contributed by atoms with Crippen LogP contribution in [0.25, 0.3) is 0 Å². The Labute approximate surface area is 343 Å². The van der Waals surface area contributed by atoms with Crippen LogP contribution in [-0.4, -0.2) is 24.7 Å². The maximum Gasteiger partial charge on any atom is 0.402 e. The average Bonchev–Trinajstić information content (AvgIpc) is 3.73. The molecule has 5 rings (SSSR count). The van der Waals surface area contributed by atoms with E-state index in [1.807, 2.05) is 86.6 Å². The quantitative estimate of drug-likeness (QED) is 0.232. The molecule has 58 heavy (non-hydrogen) atoms. The molecule has 0 aliphatic heterocycles. The van der Waals surface area contributed by atoms with Gasteiger partial charge in [0.1, 0.15) is 0 Å². The predicted molar refractivity (Wildman–Crippen MR) is 217 cm³/mol. The minimum absolute atomic E-state index is 0.104. The summed E-state index contributed by atoms with van der Waals surface area (Å²) in [5, 5.41) is 0. The normalized spacial score (nSPS) is 20.9. The molecule has 0 nitrogen and oxygen atoms in total. The molecule has 0 saturated heterocycles. The average molecular weight is 855 g/mol. The Bertz CT molecular complexity index is 1090. The van der Waals surface area contributed by atoms with Crippen molar-refractivity contribution in [2.24, 2.45) is 50.7 Å². The molecule has 2 aromatic rings. The minimum Gasteiger partial charge on any atom is -0.170 e. The van der Waals surface area contributed by atoms with E-state index in [4.69, 9.17) is 0 Å². The van der Waals surface area contributed by atoms with Crippen molar-refractivity contribution in [2.75, 3.05) is 0 Å². The van der Waals surface area contributed by atoms with E-state index in [-0.39, 0.29) is 27.7 Å². The molecule has 0 heterocycles. The predicted octanol–water partition coefficient (Wildman–Crippen LogP) is 18.2. The van der Waals surface area contributed by atoms with Crippen LogP contribution in [0.15, 0.2) is 72.8 Å². The largest absolute Gasteiger partial charge is 0.402 e. The summed E-state index contributed by atoms with van der Waals surface area (Å²) in [4.78, 5) is 0. The molecule has 12 heteroatoms. The zero-order valence-corrected chi connectivity index (χ0v) is 37.8. The monoisotopic (exact) mass is 855 g/mol. The lowest BCUT2D eigenvalue weighted by Crippen LogP contribution is -2.44. The van der Waals surface area contributed by atoms with E-state index < -0.39 is 35.5 Å². The van der Waals surface area contributed by atoms with Crippen molar-refractivity contribution in [3.63, 3.8) is 0 Å². The Hall–Kier alpha value is -2.40. The number of alkyl halides is 12. The molecule has 4 unspecified atom stereocenters. The summed E-state index contributed by atoms with van der Waals surface area (Å²) in [6, 6.07) is 24.0. The van der Waals surface area contributed by atoms with Gasteiger partial charge in [0.15, 0.2) is 10.8 Å². The maximum absolute atomic E-state index is 11.6. The molecule has 3 fully saturated rings. The molecule has 342 valence electrons. The Morgan fingerprint density at radius 3 is 0.638 bits per heavy atom. The van der Waals surface area contributed by atoms with E-state index in [1.165, 1.54) is 0 Å². The molecule has 2 bridgehead atoms. The van der Waals surface area contributed by atoms with Gasteiger partial charge in [0.2, 0.25) is 0 Å². The highest BCUT2D eigenvalue weighted by Gasteiger charge is 2.65. The number of rotatable bonds is 0. The van der Waals surface area contributed by atoms with Crippen molar-refractivity contribution in [3.05, 3.63) is 72.8 Å². The van der Waals surface area contributed by atoms with Gasteiger partial charge in [-0.15, -0.1) is 0 Å². The van der Waals surface area contributed by atoms with Crippen LogP contribution in [-0.2, 0) is 0 Å². The third-order valence-corrected chi connectivity index (χ3v) is 9.02. The molecule has 0 amide bonds. The highest BCUT2D eigenvalue weighted by molar-refractivity contribution is 5.04. The standard InChI is InChI=1S/C12H20.2C6H6.2C5H6F6.2C5H12.C2H6/c1-12(2)6-10-8-3-4-9(5-8)11(10)7-12;2*1-2-4-6-5-3-1;2*1-3(2,4(6,7)8)5(9,10)11;2*1-5(2,3)4;1-2/h8-11H,3-7H2,1-2H3;2*1-6H;2*1-2H3;2*1-4H3;1-2H3. The zero-order valence-electron chi connectivity index (χ0n) is 37.8. The summed E-state index contributed by atoms with van der Waals surface area (Å²) < 4.78 is 139. The van der Waals surface area contributed by atoms with Gasteiger partial charge in [0.05, 0.1) is 0 Å². The summed E-state index contributed by atoms with van der Waals surface area (Å²) in [6.45, 7) is 26.9. The van der Waals surface area contributed by atoms with Crippen molar-refractivity contribution in [1.82, 2.24) is 0 Å². The lowest BCUT2D eigenvalue weighted by Gasteiger charge is -2.29. The zero-order chi connectivity index (χ0) is 46.8. The first-order valence-corrected chi connectivity index (χ1v) is 19.9. The lowest BCUT2D eigenvalue weighted by atomic mass is 9.82. The Morgan fingerprint density at radius 2 is 0.517 bits per heavy atom. The third kappa shape index (κ3) is 25.3. The smallest absolute Gasteiger partial charge is 0.170 e. The van der Waals surface area contributed by atoms with Crippen molar-refractivity contribution in [3.8, 4) is 0 Å². The van der Waals surface area contributed by atoms with E-state index in [1.54, 1.807) is 32.1 Å². The first-order chi connectivity index (χ1) is 25.7. The van der Waals surface area contributed by atoms with E-state index in [9.17, 15) is 52.7 Å². The SMILES string of the molecule is CC.CC(C)(C(F)(F)F)C(F)(F)F.CC(C)(C(F)(F)F)C(F)(F)F.CC(C)(C)C.CC(C)(C)C.CC1(C)CC2C3CCC(C3)C2C1.c1ccccc1.c1ccccc1. The highest BCUT2D eigenvalue weighted by Crippen LogP contribution is 2.63. The molecule has 3 aliphatic carbocycles. The van der Waals surface area contributed by atoms with Crippen LogP contribution in [0.2, 0.25) is 0 Å². The van der Waals surface area contributed by atoms with Crippen LogP contribution in [0.3, 0.4) is 0 Å². The van der Waals surface area contributed by atoms with Crippen molar-refractivity contribution in [2.45, 2.75) is 168 Å². The van der Waals surface area contributed by atoms with Crippen LogP contribution >= 0.6 is 0 Å². The van der Waals surface area contributed by atoms with Gasteiger partial charge < -0.3 is 0 Å². The molecule has 0 radical (unpaired) electrons. The van der Waals surface area contributed by atoms with Gasteiger partial charge in [-0.1, -0.05) is 156 Å². The van der Waals surface area contributed by atoms with Gasteiger partial charge in [-0.25, -0.2) is 0 Å². The fourth-order valence-corrected chi connectivity index (χ4v) is 5.62. The van der Waals surface area contributed by atoms with Crippen LogP contribution in [0.4, 0.5) is 52.7 Å². The summed E-state index contributed by atoms with van der Waals surface area (Å²) in [6.07, 6.45) is -13.2. The number of benzene rings is 2. The first kappa shape index (κ1) is 59.9. The van der Waals surface area contributed by atoms with E-state index in [0.717, 1.165) is 23.7 Å². The van der Waals surface area contributed by atoms with Crippen LogP contribution in [0.5, 0.6) is 0 Å². The summed E-state index contributed by atoms with van der Waals surface area (Å²) in [7, 11) is 0. The van der Waals surface area contributed by atoms with Crippen molar-refractivity contribution >= 4 is 0 Å². The molecule has 3 aliphatic rings. The molecule has 0 N–H and O–H groups in total. The molecular weight excluding hydrogens is 780 g/mol. The number of halogens is 12. The van der Waals surface area contributed by atoms with Crippen LogP contribution < -0.4 is 0 Å². The summed E-state index contributed by atoms with van der Waals surface area (Å²) in [5.74, 6) is 4.61. The van der Waals surface area contributed by atoms with Crippen molar-refractivity contribution in [1.29, 1.82) is 0 Å². The highest BCUT2D eigenvalue weighted by atomic mass is 19.4. The summed E-state index contributed by atoms with van der Waals surface area (Å²) >= 11 is 0. The maximum atomic E-state index is 11.6. The van der Waals surface area contributed by atoms with Gasteiger partial charge in [0, 0.05) is 0 Å². The topological polar surface area (TPSA) is 0 Å². The van der Waals surface area contributed by atoms with Gasteiger partial charge in [-0.3, -0.25) is 0 Å². The molecular formula is C46H74F12. The van der Waals surface area contributed by atoms with E-state index in [2.05, 4.69) is 69.2 Å². The van der Waals surface area contributed by atoms with E-state index in [0.29, 0.717) is 16.2 Å². The Balaban J connectivity index is -0.000000621. The third-order valence-electron chi connectivity index (χ3n) is 9.02. The number of hydrogen-bond donors (Lipinski definition) is 0. The van der Waals surface area contributed by atoms with Crippen LogP contribution in [0, 0.1) is 50.7 Å². The van der Waals surface area contributed by atoms with Gasteiger partial charge in [0.25, 0.3) is 0 Å². The van der Waals surface area contributed by atoms with Crippen molar-refractivity contribution < 1.29 is 52.7 Å².